The quantitative estimate of drug-likeness (QED) is 0.782. The second-order valence-electron chi connectivity index (χ2n) is 4.81. The van der Waals surface area contributed by atoms with E-state index >= 15 is 0 Å². The van der Waals surface area contributed by atoms with Crippen LogP contribution in [0.2, 0.25) is 0 Å². The van der Waals surface area contributed by atoms with E-state index in [1.807, 2.05) is 18.5 Å². The third-order valence-corrected chi connectivity index (χ3v) is 3.49. The first kappa shape index (κ1) is 14.6. The van der Waals surface area contributed by atoms with Crippen LogP contribution in [0.5, 0.6) is 5.75 Å². The largest absolute Gasteiger partial charge is 0.492 e. The number of rotatable bonds is 5. The number of aromatic nitrogens is 2. The molecular weight excluding hydrogens is 255 g/mol. The van der Waals surface area contributed by atoms with Crippen molar-refractivity contribution in [2.24, 2.45) is 0 Å². The fourth-order valence-corrected chi connectivity index (χ4v) is 1.99. The first-order chi connectivity index (χ1) is 9.49. The van der Waals surface area contributed by atoms with Crippen molar-refractivity contribution in [1.82, 2.24) is 9.78 Å². The predicted octanol–water partition coefficient (Wildman–Crippen LogP) is 0.567. The molecule has 106 valence electrons. The van der Waals surface area contributed by atoms with E-state index in [0.29, 0.717) is 24.4 Å². The summed E-state index contributed by atoms with van der Waals surface area (Å²) in [7, 11) is -1.44. The Labute approximate surface area is 119 Å². The van der Waals surface area contributed by atoms with Gasteiger partial charge in [0.1, 0.15) is 12.4 Å². The smallest absolute Gasteiger partial charge is 0.488 e. The topological polar surface area (TPSA) is 67.5 Å². The van der Waals surface area contributed by atoms with Gasteiger partial charge in [0.25, 0.3) is 0 Å². The summed E-state index contributed by atoms with van der Waals surface area (Å²) in [6.45, 7) is 7.31. The molecule has 0 saturated heterocycles. The molecule has 2 aromatic rings. The van der Waals surface area contributed by atoms with E-state index in [-0.39, 0.29) is 0 Å². The van der Waals surface area contributed by atoms with Gasteiger partial charge in [0.2, 0.25) is 0 Å². The Hall–Kier alpha value is -1.79. The van der Waals surface area contributed by atoms with Crippen molar-refractivity contribution in [3.63, 3.8) is 0 Å². The molecule has 0 fully saturated rings. The van der Waals surface area contributed by atoms with Crippen LogP contribution >= 0.6 is 0 Å². The Bertz CT molecular complexity index is 579. The Morgan fingerprint density at radius 3 is 2.30 bits per heavy atom. The number of benzene rings is 1. The number of hydrogen-bond donors (Lipinski definition) is 2. The Balaban J connectivity index is 1.91. The van der Waals surface area contributed by atoms with E-state index in [1.165, 1.54) is 5.56 Å². The molecule has 0 atom stereocenters. The van der Waals surface area contributed by atoms with Gasteiger partial charge in [-0.15, -0.1) is 0 Å². The highest BCUT2D eigenvalue weighted by molar-refractivity contribution is 6.58. The molecule has 2 rings (SSSR count). The van der Waals surface area contributed by atoms with Crippen LogP contribution in [0.1, 0.15) is 17.0 Å². The molecule has 1 aromatic carbocycles. The van der Waals surface area contributed by atoms with Gasteiger partial charge in [0.05, 0.1) is 12.2 Å². The molecule has 0 radical (unpaired) electrons. The van der Waals surface area contributed by atoms with Gasteiger partial charge in [-0.05, 0) is 43.9 Å². The Morgan fingerprint density at radius 2 is 1.80 bits per heavy atom. The summed E-state index contributed by atoms with van der Waals surface area (Å²) in [4.78, 5) is 0. The Morgan fingerprint density at radius 1 is 1.15 bits per heavy atom. The van der Waals surface area contributed by atoms with E-state index in [0.717, 1.165) is 11.4 Å². The highest BCUT2D eigenvalue weighted by atomic mass is 16.5. The Kier molecular flexibility index (Phi) is 4.47. The van der Waals surface area contributed by atoms with Crippen LogP contribution in [-0.4, -0.2) is 33.6 Å². The van der Waals surface area contributed by atoms with Gasteiger partial charge < -0.3 is 14.8 Å². The zero-order valence-electron chi connectivity index (χ0n) is 12.0. The molecule has 6 heteroatoms. The number of hydrogen-bond acceptors (Lipinski definition) is 4. The summed E-state index contributed by atoms with van der Waals surface area (Å²) in [5.74, 6) is 0.702. The van der Waals surface area contributed by atoms with E-state index in [2.05, 4.69) is 12.0 Å². The lowest BCUT2D eigenvalue weighted by molar-refractivity contribution is 0.289. The predicted molar refractivity (Wildman–Crippen MR) is 78.2 cm³/mol. The number of nitrogens with zero attached hydrogens (tertiary/aromatic N) is 2. The van der Waals surface area contributed by atoms with Crippen molar-refractivity contribution >= 4 is 12.6 Å². The fraction of sp³-hybridized carbons (Fsp3) is 0.357. The molecule has 0 amide bonds. The van der Waals surface area contributed by atoms with Crippen molar-refractivity contribution in [2.45, 2.75) is 27.3 Å². The molecule has 1 aromatic heterocycles. The van der Waals surface area contributed by atoms with Crippen molar-refractivity contribution in [2.75, 3.05) is 6.61 Å². The molecule has 0 aliphatic heterocycles. The monoisotopic (exact) mass is 274 g/mol. The van der Waals surface area contributed by atoms with Crippen LogP contribution in [0.4, 0.5) is 0 Å². The summed E-state index contributed by atoms with van der Waals surface area (Å²) in [6.07, 6.45) is 0. The van der Waals surface area contributed by atoms with Crippen molar-refractivity contribution in [3.05, 3.63) is 41.2 Å². The maximum absolute atomic E-state index is 9.00. The van der Waals surface area contributed by atoms with Crippen molar-refractivity contribution < 1.29 is 14.8 Å². The van der Waals surface area contributed by atoms with Gasteiger partial charge in [-0.2, -0.15) is 5.10 Å². The third-order valence-electron chi connectivity index (χ3n) is 3.49. The molecule has 0 bridgehead atoms. The molecule has 0 aliphatic rings. The SMILES string of the molecule is Cc1nn(CCOc2ccc(B(O)O)cc2)c(C)c1C. The lowest BCUT2D eigenvalue weighted by Gasteiger charge is -2.08. The standard InChI is InChI=1S/C14H19BN2O3/c1-10-11(2)16-17(12(10)3)8-9-20-14-6-4-13(5-7-14)15(18)19/h4-7,18-19H,8-9H2,1-3H3. The zero-order chi connectivity index (χ0) is 14.7. The van der Waals surface area contributed by atoms with Gasteiger partial charge in [0, 0.05) is 5.69 Å². The summed E-state index contributed by atoms with van der Waals surface area (Å²) >= 11 is 0. The molecule has 5 nitrogen and oxygen atoms in total. The summed E-state index contributed by atoms with van der Waals surface area (Å²) < 4.78 is 7.57. The van der Waals surface area contributed by atoms with Crippen LogP contribution < -0.4 is 10.2 Å². The molecular formula is C14H19BN2O3. The lowest BCUT2D eigenvalue weighted by Crippen LogP contribution is -2.29. The van der Waals surface area contributed by atoms with Gasteiger partial charge in [-0.1, -0.05) is 12.1 Å². The second-order valence-corrected chi connectivity index (χ2v) is 4.81. The van der Waals surface area contributed by atoms with Crippen molar-refractivity contribution in [3.8, 4) is 5.75 Å². The first-order valence-corrected chi connectivity index (χ1v) is 6.58. The van der Waals surface area contributed by atoms with Gasteiger partial charge >= 0.3 is 7.12 Å². The van der Waals surface area contributed by atoms with Crippen LogP contribution in [0.25, 0.3) is 0 Å². The van der Waals surface area contributed by atoms with Gasteiger partial charge in [0.15, 0.2) is 0 Å². The summed E-state index contributed by atoms with van der Waals surface area (Å²) in [5, 5.41) is 22.5. The lowest BCUT2D eigenvalue weighted by atomic mass is 9.80. The minimum Gasteiger partial charge on any atom is -0.492 e. The minimum atomic E-state index is -1.44. The highest BCUT2D eigenvalue weighted by Crippen LogP contribution is 2.12. The van der Waals surface area contributed by atoms with E-state index in [9.17, 15) is 0 Å². The van der Waals surface area contributed by atoms with Crippen LogP contribution in [0.3, 0.4) is 0 Å². The summed E-state index contributed by atoms with van der Waals surface area (Å²) in [5.41, 5.74) is 3.87. The van der Waals surface area contributed by atoms with Gasteiger partial charge in [-0.25, -0.2) is 0 Å². The molecule has 0 spiro atoms. The number of aryl methyl sites for hydroxylation is 1. The normalized spacial score (nSPS) is 10.7. The average Bonchev–Trinajstić information content (AvgIpc) is 2.67. The van der Waals surface area contributed by atoms with Crippen molar-refractivity contribution in [1.29, 1.82) is 0 Å². The molecule has 0 saturated carbocycles. The zero-order valence-corrected chi connectivity index (χ0v) is 12.0. The van der Waals surface area contributed by atoms with E-state index in [1.54, 1.807) is 24.3 Å². The average molecular weight is 274 g/mol. The van der Waals surface area contributed by atoms with Crippen LogP contribution in [0.15, 0.2) is 24.3 Å². The fourth-order valence-electron chi connectivity index (χ4n) is 1.99. The minimum absolute atomic E-state index is 0.450. The molecule has 0 aliphatic carbocycles. The van der Waals surface area contributed by atoms with Gasteiger partial charge in [-0.3, -0.25) is 4.68 Å². The van der Waals surface area contributed by atoms with Crippen LogP contribution in [-0.2, 0) is 6.54 Å². The molecule has 0 unspecified atom stereocenters. The maximum atomic E-state index is 9.00. The molecule has 20 heavy (non-hydrogen) atoms. The molecule has 1 heterocycles. The first-order valence-electron chi connectivity index (χ1n) is 6.58. The third kappa shape index (κ3) is 3.21. The summed E-state index contributed by atoms with van der Waals surface area (Å²) in [6, 6.07) is 6.71. The molecule has 2 N–H and O–H groups in total. The maximum Gasteiger partial charge on any atom is 0.488 e. The van der Waals surface area contributed by atoms with Crippen LogP contribution in [0, 0.1) is 20.8 Å². The van der Waals surface area contributed by atoms with E-state index in [4.69, 9.17) is 14.8 Å². The highest BCUT2D eigenvalue weighted by Gasteiger charge is 2.10. The number of ether oxygens (including phenoxy) is 1. The van der Waals surface area contributed by atoms with E-state index < -0.39 is 7.12 Å². The second kappa shape index (κ2) is 6.11.